The maximum Gasteiger partial charge on any atom is 0.268 e. The first-order chi connectivity index (χ1) is 17.8. The van der Waals surface area contributed by atoms with Gasteiger partial charge < -0.3 is 21.1 Å². The number of nitrogens with two attached hydrogens (primary N) is 2. The number of pyridine rings is 1. The second-order valence-electron chi connectivity index (χ2n) is 9.55. The van der Waals surface area contributed by atoms with Crippen LogP contribution in [0, 0.1) is 17.3 Å². The molecule has 1 fully saturated rings. The summed E-state index contributed by atoms with van der Waals surface area (Å²) in [5.74, 6) is 7.06. The van der Waals surface area contributed by atoms with Crippen LogP contribution < -0.4 is 21.9 Å². The molecule has 10 heteroatoms. The highest BCUT2D eigenvalue weighted by Crippen LogP contribution is 2.51. The lowest BCUT2D eigenvalue weighted by molar-refractivity contribution is 0.186. The summed E-state index contributed by atoms with van der Waals surface area (Å²) >= 11 is 7.50. The summed E-state index contributed by atoms with van der Waals surface area (Å²) in [7, 11) is 3.39. The largest absolute Gasteiger partial charge is 0.382 e. The van der Waals surface area contributed by atoms with E-state index in [9.17, 15) is 4.79 Å². The van der Waals surface area contributed by atoms with Gasteiger partial charge in [0.15, 0.2) is 0 Å². The first kappa shape index (κ1) is 25.6. The molecule has 5 rings (SSSR count). The van der Waals surface area contributed by atoms with E-state index in [1.54, 1.807) is 37.2 Å². The van der Waals surface area contributed by atoms with Gasteiger partial charge in [-0.3, -0.25) is 9.36 Å². The molecule has 8 nitrogen and oxygen atoms in total. The van der Waals surface area contributed by atoms with E-state index in [2.05, 4.69) is 44.9 Å². The lowest BCUT2D eigenvalue weighted by Crippen LogP contribution is -2.46. The molecular formula is C27H29ClN6O2S. The highest BCUT2D eigenvalue weighted by Gasteiger charge is 2.46. The molecule has 3 heterocycles. The van der Waals surface area contributed by atoms with E-state index in [0.29, 0.717) is 27.4 Å². The molecule has 2 aliphatic rings. The summed E-state index contributed by atoms with van der Waals surface area (Å²) in [5, 5.41) is 0.336. The maximum atomic E-state index is 13.2. The summed E-state index contributed by atoms with van der Waals surface area (Å²) in [6.45, 7) is 1.97. The van der Waals surface area contributed by atoms with E-state index in [-0.39, 0.29) is 22.8 Å². The maximum absolute atomic E-state index is 13.2. The van der Waals surface area contributed by atoms with Gasteiger partial charge >= 0.3 is 0 Å². The molecular weight excluding hydrogens is 508 g/mol. The fraction of sp³-hybridized carbons (Fsp3) is 0.370. The number of piperidine rings is 1. The van der Waals surface area contributed by atoms with E-state index >= 15 is 0 Å². The topological polar surface area (TPSA) is 112 Å². The zero-order chi connectivity index (χ0) is 26.2. The monoisotopic (exact) mass is 536 g/mol. The van der Waals surface area contributed by atoms with E-state index in [1.807, 2.05) is 0 Å². The summed E-state index contributed by atoms with van der Waals surface area (Å²) < 4.78 is 6.63. The van der Waals surface area contributed by atoms with Crippen LogP contribution in [0.2, 0.25) is 5.02 Å². The predicted octanol–water partition coefficient (Wildman–Crippen LogP) is 3.40. The average molecular weight is 537 g/mol. The number of hydrogen-bond donors (Lipinski definition) is 2. The molecule has 37 heavy (non-hydrogen) atoms. The number of halogens is 1. The summed E-state index contributed by atoms with van der Waals surface area (Å²) in [6, 6.07) is 8.06. The van der Waals surface area contributed by atoms with Crippen LogP contribution in [0.4, 0.5) is 11.8 Å². The molecule has 0 unspecified atom stereocenters. The molecule has 192 valence electrons. The van der Waals surface area contributed by atoms with Crippen molar-refractivity contribution in [1.29, 1.82) is 0 Å². The number of hydrogen-bond acceptors (Lipinski definition) is 8. The number of nitrogen functional groups attached to an aromatic ring is 1. The van der Waals surface area contributed by atoms with Gasteiger partial charge in [-0.05, 0) is 54.0 Å². The van der Waals surface area contributed by atoms with Gasteiger partial charge in [0.2, 0.25) is 5.95 Å². The Morgan fingerprint density at radius 3 is 2.78 bits per heavy atom. The van der Waals surface area contributed by atoms with Crippen molar-refractivity contribution in [3.8, 4) is 11.8 Å². The molecule has 3 aromatic rings. The highest BCUT2D eigenvalue weighted by molar-refractivity contribution is 7.99. The lowest BCUT2D eigenvalue weighted by atomic mass is 9.73. The van der Waals surface area contributed by atoms with Gasteiger partial charge in [0.05, 0.1) is 16.1 Å². The van der Waals surface area contributed by atoms with Gasteiger partial charge in [0.1, 0.15) is 12.4 Å². The molecule has 1 spiro atoms. The Hall–Kier alpha value is -3.03. The molecule has 1 aliphatic carbocycles. The molecule has 1 aliphatic heterocycles. The Kier molecular flexibility index (Phi) is 7.19. The SMILES string of the molecule is COCC#Cc1ccc2c(c1)[C@@H](N)C1(CCN(c3ncc(Sc4ccnc(N)c4Cl)c(=O)n3C)CC1)C2. The number of benzene rings is 1. The first-order valence-corrected chi connectivity index (χ1v) is 13.3. The minimum Gasteiger partial charge on any atom is -0.382 e. The van der Waals surface area contributed by atoms with Crippen molar-refractivity contribution in [2.24, 2.45) is 18.2 Å². The number of aromatic nitrogens is 3. The van der Waals surface area contributed by atoms with Crippen molar-refractivity contribution in [3.05, 3.63) is 68.7 Å². The van der Waals surface area contributed by atoms with Gasteiger partial charge in [0.25, 0.3) is 5.56 Å². The third kappa shape index (κ3) is 4.82. The first-order valence-electron chi connectivity index (χ1n) is 12.1. The zero-order valence-corrected chi connectivity index (χ0v) is 22.4. The van der Waals surface area contributed by atoms with Crippen LogP contribution in [-0.2, 0) is 18.2 Å². The fourth-order valence-electron chi connectivity index (χ4n) is 5.31. The van der Waals surface area contributed by atoms with E-state index < -0.39 is 0 Å². The number of anilines is 2. The van der Waals surface area contributed by atoms with Crippen LogP contribution in [0.1, 0.15) is 35.6 Å². The fourth-order valence-corrected chi connectivity index (χ4v) is 6.43. The van der Waals surface area contributed by atoms with E-state index in [0.717, 1.165) is 37.9 Å². The number of fused-ring (bicyclic) bond motifs is 1. The minimum absolute atomic E-state index is 0.00407. The zero-order valence-electron chi connectivity index (χ0n) is 20.8. The molecule has 0 radical (unpaired) electrons. The molecule has 0 amide bonds. The lowest BCUT2D eigenvalue weighted by Gasteiger charge is -2.42. The Morgan fingerprint density at radius 2 is 2.03 bits per heavy atom. The second kappa shape index (κ2) is 10.4. The second-order valence-corrected chi connectivity index (χ2v) is 11.0. The number of ether oxygens (including phenoxy) is 1. The molecule has 1 aromatic carbocycles. The third-order valence-corrected chi connectivity index (χ3v) is 8.96. The average Bonchev–Trinajstić information content (AvgIpc) is 3.16. The highest BCUT2D eigenvalue weighted by atomic mass is 35.5. The summed E-state index contributed by atoms with van der Waals surface area (Å²) in [6.07, 6.45) is 5.99. The normalized spacial score (nSPS) is 17.9. The smallest absolute Gasteiger partial charge is 0.268 e. The summed E-state index contributed by atoms with van der Waals surface area (Å²) in [4.78, 5) is 25.1. The van der Waals surface area contributed by atoms with Crippen molar-refractivity contribution in [2.45, 2.75) is 35.1 Å². The van der Waals surface area contributed by atoms with Gasteiger partial charge in [0, 0.05) is 49.9 Å². The van der Waals surface area contributed by atoms with E-state index in [4.69, 9.17) is 27.8 Å². The van der Waals surface area contributed by atoms with Crippen molar-refractivity contribution in [1.82, 2.24) is 14.5 Å². The van der Waals surface area contributed by atoms with Gasteiger partial charge in [-0.2, -0.15) is 0 Å². The van der Waals surface area contributed by atoms with Crippen LogP contribution in [0.15, 0.2) is 51.2 Å². The molecule has 4 N–H and O–H groups in total. The van der Waals surface area contributed by atoms with Crippen molar-refractivity contribution in [2.75, 3.05) is 37.4 Å². The van der Waals surface area contributed by atoms with Crippen LogP contribution in [0.5, 0.6) is 0 Å². The van der Waals surface area contributed by atoms with E-state index in [1.165, 1.54) is 22.9 Å². The molecule has 0 bridgehead atoms. The predicted molar refractivity (Wildman–Crippen MR) is 147 cm³/mol. The van der Waals surface area contributed by atoms with Gasteiger partial charge in [-0.1, -0.05) is 41.3 Å². The van der Waals surface area contributed by atoms with Crippen LogP contribution in [0.3, 0.4) is 0 Å². The Bertz CT molecular complexity index is 1460. The van der Waals surface area contributed by atoms with Crippen molar-refractivity contribution in [3.63, 3.8) is 0 Å². The Balaban J connectivity index is 1.30. The third-order valence-electron chi connectivity index (χ3n) is 7.39. The Morgan fingerprint density at radius 1 is 1.24 bits per heavy atom. The van der Waals surface area contributed by atoms with Gasteiger partial charge in [-0.25, -0.2) is 9.97 Å². The molecule has 1 saturated heterocycles. The standard InChI is InChI=1S/C27H29ClN6O2S/c1-33-25(35)21(37-20-7-10-31-24(30)22(20)28)16-32-26(33)34-11-8-27(9-12-34)15-18-6-5-17(4-3-13-36-2)14-19(18)23(27)29/h5-7,10,14,16,23H,8-9,11-13,15,29H2,1-2H3,(H2,30,31)/t23-/m1/s1. The van der Waals surface area contributed by atoms with Gasteiger partial charge in [-0.15, -0.1) is 0 Å². The molecule has 2 aromatic heterocycles. The molecule has 0 saturated carbocycles. The Labute approximate surface area is 225 Å². The van der Waals surface area contributed by atoms with Crippen molar-refractivity contribution < 1.29 is 4.74 Å². The van der Waals surface area contributed by atoms with Crippen molar-refractivity contribution >= 4 is 35.1 Å². The summed E-state index contributed by atoms with van der Waals surface area (Å²) in [5.41, 5.74) is 16.0. The number of rotatable bonds is 4. The quantitative estimate of drug-likeness (QED) is 0.488. The number of methoxy groups -OCH3 is 1. The minimum atomic E-state index is -0.131. The van der Waals surface area contributed by atoms with Crippen LogP contribution >= 0.6 is 23.4 Å². The number of nitrogens with zero attached hydrogens (tertiary/aromatic N) is 4. The van der Waals surface area contributed by atoms with Crippen LogP contribution in [0.25, 0.3) is 0 Å². The molecule has 1 atom stereocenters. The van der Waals surface area contributed by atoms with Crippen LogP contribution in [-0.4, -0.2) is 41.3 Å².